The highest BCUT2D eigenvalue weighted by atomic mass is 16.4. The standard InChI is InChI=1S/C7H11NO2/c9-7(10)5-3-6-1-2-8(6)4-5/h5-6H,1-4H2,(H,9,10). The summed E-state index contributed by atoms with van der Waals surface area (Å²) < 4.78 is 0. The van der Waals surface area contributed by atoms with Gasteiger partial charge in [-0.3, -0.25) is 9.69 Å². The Labute approximate surface area is 59.6 Å². The van der Waals surface area contributed by atoms with Crippen molar-refractivity contribution in [1.29, 1.82) is 0 Å². The Bertz CT molecular complexity index is 157. The second-order valence-electron chi connectivity index (χ2n) is 3.21. The minimum atomic E-state index is -0.616. The highest BCUT2D eigenvalue weighted by Gasteiger charge is 2.40. The first-order chi connectivity index (χ1) is 4.77. The minimum Gasteiger partial charge on any atom is -0.481 e. The van der Waals surface area contributed by atoms with E-state index in [2.05, 4.69) is 4.90 Å². The molecule has 0 bridgehead atoms. The van der Waals surface area contributed by atoms with Crippen LogP contribution >= 0.6 is 0 Å². The lowest BCUT2D eigenvalue weighted by Crippen LogP contribution is -2.42. The molecule has 2 aliphatic heterocycles. The number of carbonyl (C=O) groups is 1. The van der Waals surface area contributed by atoms with Gasteiger partial charge in [0.2, 0.25) is 0 Å². The zero-order chi connectivity index (χ0) is 7.14. The monoisotopic (exact) mass is 141 g/mol. The van der Waals surface area contributed by atoms with Crippen molar-refractivity contribution in [2.75, 3.05) is 13.1 Å². The van der Waals surface area contributed by atoms with E-state index in [1.807, 2.05) is 0 Å². The molecule has 2 fully saturated rings. The van der Waals surface area contributed by atoms with E-state index < -0.39 is 5.97 Å². The van der Waals surface area contributed by atoms with E-state index in [1.54, 1.807) is 0 Å². The van der Waals surface area contributed by atoms with Crippen molar-refractivity contribution < 1.29 is 9.90 Å². The molecule has 2 atom stereocenters. The quantitative estimate of drug-likeness (QED) is 0.565. The van der Waals surface area contributed by atoms with E-state index in [0.717, 1.165) is 19.5 Å². The highest BCUT2D eigenvalue weighted by Crippen LogP contribution is 2.32. The van der Waals surface area contributed by atoms with Crippen LogP contribution in [0.15, 0.2) is 0 Å². The average molecular weight is 141 g/mol. The molecule has 0 aromatic heterocycles. The van der Waals surface area contributed by atoms with Crippen LogP contribution in [0.3, 0.4) is 0 Å². The minimum absolute atomic E-state index is 0.0764. The van der Waals surface area contributed by atoms with Gasteiger partial charge in [0.05, 0.1) is 5.92 Å². The summed E-state index contributed by atoms with van der Waals surface area (Å²) in [5.74, 6) is -0.693. The van der Waals surface area contributed by atoms with Crippen molar-refractivity contribution in [2.45, 2.75) is 18.9 Å². The zero-order valence-corrected chi connectivity index (χ0v) is 5.79. The van der Waals surface area contributed by atoms with Gasteiger partial charge in [-0.15, -0.1) is 0 Å². The molecular formula is C7H11NO2. The maximum atomic E-state index is 10.5. The fraction of sp³-hybridized carbons (Fsp3) is 0.857. The van der Waals surface area contributed by atoms with Gasteiger partial charge in [-0.05, 0) is 19.4 Å². The number of aliphatic carboxylic acids is 1. The summed E-state index contributed by atoms with van der Waals surface area (Å²) in [6, 6.07) is 0.612. The molecule has 1 N–H and O–H groups in total. The topological polar surface area (TPSA) is 40.5 Å². The van der Waals surface area contributed by atoms with Gasteiger partial charge >= 0.3 is 5.97 Å². The molecule has 0 radical (unpaired) electrons. The molecule has 3 heteroatoms. The van der Waals surface area contributed by atoms with Gasteiger partial charge in [0.15, 0.2) is 0 Å². The molecule has 0 amide bonds. The number of fused-ring (bicyclic) bond motifs is 1. The van der Waals surface area contributed by atoms with Crippen LogP contribution in [0, 0.1) is 5.92 Å². The normalized spacial score (nSPS) is 38.8. The molecule has 0 spiro atoms. The molecule has 0 aromatic rings. The predicted molar refractivity (Wildman–Crippen MR) is 35.7 cm³/mol. The summed E-state index contributed by atoms with van der Waals surface area (Å²) in [6.45, 7) is 1.91. The molecule has 3 nitrogen and oxygen atoms in total. The van der Waals surface area contributed by atoms with Crippen LogP contribution < -0.4 is 0 Å². The Kier molecular flexibility index (Phi) is 1.20. The van der Waals surface area contributed by atoms with Crippen molar-refractivity contribution in [3.8, 4) is 0 Å². The maximum Gasteiger partial charge on any atom is 0.307 e. The smallest absolute Gasteiger partial charge is 0.307 e. The van der Waals surface area contributed by atoms with E-state index in [0.29, 0.717) is 6.04 Å². The molecule has 56 valence electrons. The van der Waals surface area contributed by atoms with Gasteiger partial charge < -0.3 is 5.11 Å². The van der Waals surface area contributed by atoms with Crippen molar-refractivity contribution in [2.24, 2.45) is 5.92 Å². The van der Waals surface area contributed by atoms with Crippen LogP contribution in [0.25, 0.3) is 0 Å². The molecule has 2 heterocycles. The molecule has 0 saturated carbocycles. The van der Waals surface area contributed by atoms with Crippen LogP contribution in [0.5, 0.6) is 0 Å². The third-order valence-electron chi connectivity index (χ3n) is 2.63. The summed E-state index contributed by atoms with van der Waals surface area (Å²) in [5.41, 5.74) is 0. The van der Waals surface area contributed by atoms with Gasteiger partial charge in [-0.1, -0.05) is 0 Å². The van der Waals surface area contributed by atoms with Gasteiger partial charge in [0.1, 0.15) is 0 Å². The van der Waals surface area contributed by atoms with Crippen LogP contribution in [0.1, 0.15) is 12.8 Å². The molecule has 10 heavy (non-hydrogen) atoms. The van der Waals surface area contributed by atoms with Crippen LogP contribution in [0.4, 0.5) is 0 Å². The van der Waals surface area contributed by atoms with Gasteiger partial charge in [-0.2, -0.15) is 0 Å². The molecule has 2 saturated heterocycles. The second-order valence-corrected chi connectivity index (χ2v) is 3.21. The van der Waals surface area contributed by atoms with E-state index in [-0.39, 0.29) is 5.92 Å². The molecule has 2 unspecified atom stereocenters. The van der Waals surface area contributed by atoms with E-state index >= 15 is 0 Å². The summed E-state index contributed by atoms with van der Waals surface area (Å²) in [6.07, 6.45) is 2.10. The van der Waals surface area contributed by atoms with Gasteiger partial charge in [0.25, 0.3) is 0 Å². The van der Waals surface area contributed by atoms with Crippen molar-refractivity contribution in [1.82, 2.24) is 4.90 Å². The largest absolute Gasteiger partial charge is 0.481 e. The number of hydrogen-bond acceptors (Lipinski definition) is 2. The van der Waals surface area contributed by atoms with Crippen molar-refractivity contribution in [3.05, 3.63) is 0 Å². The average Bonchev–Trinajstić information content (AvgIpc) is 2.09. The first-order valence-electron chi connectivity index (χ1n) is 3.74. The third-order valence-corrected chi connectivity index (χ3v) is 2.63. The fourth-order valence-corrected chi connectivity index (χ4v) is 1.87. The molecular weight excluding hydrogens is 130 g/mol. The van der Waals surface area contributed by atoms with Crippen LogP contribution in [0.2, 0.25) is 0 Å². The number of rotatable bonds is 1. The lowest BCUT2D eigenvalue weighted by molar-refractivity contribution is -0.141. The van der Waals surface area contributed by atoms with E-state index in [9.17, 15) is 4.79 Å². The number of carboxylic acids is 1. The molecule has 2 rings (SSSR count). The Hall–Kier alpha value is -0.570. The molecule has 0 aliphatic carbocycles. The summed E-state index contributed by atoms with van der Waals surface area (Å²) in [5, 5.41) is 8.65. The summed E-state index contributed by atoms with van der Waals surface area (Å²) in [7, 11) is 0. The van der Waals surface area contributed by atoms with Crippen molar-refractivity contribution >= 4 is 5.97 Å². The lowest BCUT2D eigenvalue weighted by Gasteiger charge is -2.34. The zero-order valence-electron chi connectivity index (χ0n) is 5.79. The molecule has 2 aliphatic rings. The third kappa shape index (κ3) is 0.736. The Morgan fingerprint density at radius 1 is 1.60 bits per heavy atom. The van der Waals surface area contributed by atoms with Gasteiger partial charge in [-0.25, -0.2) is 0 Å². The Balaban J connectivity index is 1.98. The first kappa shape index (κ1) is 6.16. The summed E-state index contributed by atoms with van der Waals surface area (Å²) in [4.78, 5) is 12.8. The highest BCUT2D eigenvalue weighted by molar-refractivity contribution is 5.70. The summed E-state index contributed by atoms with van der Waals surface area (Å²) >= 11 is 0. The maximum absolute atomic E-state index is 10.5. The fourth-order valence-electron chi connectivity index (χ4n) is 1.87. The lowest BCUT2D eigenvalue weighted by atomic mass is 10.0. The first-order valence-corrected chi connectivity index (χ1v) is 3.74. The van der Waals surface area contributed by atoms with Crippen LogP contribution in [-0.4, -0.2) is 35.1 Å². The second kappa shape index (κ2) is 1.95. The van der Waals surface area contributed by atoms with E-state index in [1.165, 1.54) is 6.42 Å². The predicted octanol–water partition coefficient (Wildman–Crippen LogP) is 0.165. The van der Waals surface area contributed by atoms with Crippen LogP contribution in [-0.2, 0) is 4.79 Å². The Morgan fingerprint density at radius 2 is 2.40 bits per heavy atom. The SMILES string of the molecule is O=C(O)C1CC2CCN2C1. The number of carboxylic acid groups (broad SMARTS) is 1. The number of hydrogen-bond donors (Lipinski definition) is 1. The van der Waals surface area contributed by atoms with Gasteiger partial charge in [0, 0.05) is 12.6 Å². The van der Waals surface area contributed by atoms with Crippen molar-refractivity contribution in [3.63, 3.8) is 0 Å². The Morgan fingerprint density at radius 3 is 2.70 bits per heavy atom. The van der Waals surface area contributed by atoms with E-state index in [4.69, 9.17) is 5.11 Å². The number of nitrogens with zero attached hydrogens (tertiary/aromatic N) is 1. The molecule has 0 aromatic carbocycles.